The largest absolute Gasteiger partial charge is 0.331 e. The lowest BCUT2D eigenvalue weighted by molar-refractivity contribution is -0.112. The highest BCUT2D eigenvalue weighted by Gasteiger charge is 2.21. The van der Waals surface area contributed by atoms with Gasteiger partial charge in [0.25, 0.3) is 5.12 Å². The minimum atomic E-state index is -4.00. The SMILES string of the molecule is C=CCOS(=O)(=O)C(=O)CCCC. The Morgan fingerprint density at radius 1 is 1.54 bits per heavy atom. The number of unbranched alkanes of at least 4 members (excludes halogenated alkanes) is 1. The first kappa shape index (κ1) is 12.3. The van der Waals surface area contributed by atoms with Crippen LogP contribution in [0.3, 0.4) is 0 Å². The van der Waals surface area contributed by atoms with E-state index < -0.39 is 15.2 Å². The summed E-state index contributed by atoms with van der Waals surface area (Å²) in [4.78, 5) is 11.0. The summed E-state index contributed by atoms with van der Waals surface area (Å²) in [6, 6.07) is 0. The monoisotopic (exact) mass is 206 g/mol. The molecule has 0 bridgehead atoms. The summed E-state index contributed by atoms with van der Waals surface area (Å²) in [6.45, 7) is 5.01. The Morgan fingerprint density at radius 2 is 2.15 bits per heavy atom. The molecule has 0 atom stereocenters. The Hall–Kier alpha value is -0.680. The first-order valence-electron chi connectivity index (χ1n) is 4.07. The van der Waals surface area contributed by atoms with E-state index in [-0.39, 0.29) is 13.0 Å². The molecule has 5 heteroatoms. The minimum Gasteiger partial charge on any atom is -0.279 e. The molecule has 0 rings (SSSR count). The second-order valence-corrected chi connectivity index (χ2v) is 4.10. The topological polar surface area (TPSA) is 60.4 Å². The van der Waals surface area contributed by atoms with Crippen molar-refractivity contribution in [2.45, 2.75) is 26.2 Å². The Morgan fingerprint density at radius 3 is 2.62 bits per heavy atom. The number of hydrogen-bond acceptors (Lipinski definition) is 4. The van der Waals surface area contributed by atoms with E-state index in [1.165, 1.54) is 6.08 Å². The van der Waals surface area contributed by atoms with E-state index in [1.54, 1.807) is 0 Å². The zero-order valence-electron chi connectivity index (χ0n) is 7.65. The van der Waals surface area contributed by atoms with Gasteiger partial charge in [-0.3, -0.25) is 8.98 Å². The van der Waals surface area contributed by atoms with E-state index >= 15 is 0 Å². The lowest BCUT2D eigenvalue weighted by Gasteiger charge is -2.00. The fraction of sp³-hybridized carbons (Fsp3) is 0.625. The van der Waals surface area contributed by atoms with Crippen LogP contribution in [0.5, 0.6) is 0 Å². The van der Waals surface area contributed by atoms with Crippen LogP contribution in [-0.4, -0.2) is 20.1 Å². The molecule has 0 fully saturated rings. The Kier molecular flexibility index (Phi) is 5.57. The minimum absolute atomic E-state index is 0.0238. The van der Waals surface area contributed by atoms with Gasteiger partial charge < -0.3 is 0 Å². The van der Waals surface area contributed by atoms with Gasteiger partial charge in [-0.1, -0.05) is 19.4 Å². The molecule has 0 saturated carbocycles. The summed E-state index contributed by atoms with van der Waals surface area (Å²) >= 11 is 0. The van der Waals surface area contributed by atoms with E-state index in [2.05, 4.69) is 10.8 Å². The lowest BCUT2D eigenvalue weighted by Crippen LogP contribution is -2.17. The van der Waals surface area contributed by atoms with Gasteiger partial charge in [-0.05, 0) is 6.42 Å². The van der Waals surface area contributed by atoms with Gasteiger partial charge in [-0.2, -0.15) is 8.42 Å². The molecule has 0 spiro atoms. The van der Waals surface area contributed by atoms with Crippen LogP contribution < -0.4 is 0 Å². The molecule has 13 heavy (non-hydrogen) atoms. The fourth-order valence-electron chi connectivity index (χ4n) is 0.650. The maximum Gasteiger partial charge on any atom is 0.331 e. The maximum absolute atomic E-state index is 11.0. The molecule has 0 aromatic rings. The van der Waals surface area contributed by atoms with Gasteiger partial charge >= 0.3 is 10.1 Å². The Labute approximate surface area is 78.7 Å². The van der Waals surface area contributed by atoms with Gasteiger partial charge in [-0.25, -0.2) is 0 Å². The molecule has 0 aromatic heterocycles. The number of rotatable bonds is 6. The van der Waals surface area contributed by atoms with Gasteiger partial charge in [0.15, 0.2) is 0 Å². The van der Waals surface area contributed by atoms with Crippen LogP contribution in [0.1, 0.15) is 26.2 Å². The molecule has 4 nitrogen and oxygen atoms in total. The molecule has 0 heterocycles. The van der Waals surface area contributed by atoms with Crippen LogP contribution in [0.25, 0.3) is 0 Å². The number of hydrogen-bond donors (Lipinski definition) is 0. The predicted molar refractivity (Wildman–Crippen MR) is 49.6 cm³/mol. The van der Waals surface area contributed by atoms with Gasteiger partial charge in [-0.15, -0.1) is 6.58 Å². The molecule has 0 unspecified atom stereocenters. The molecular weight excluding hydrogens is 192 g/mol. The van der Waals surface area contributed by atoms with E-state index in [4.69, 9.17) is 0 Å². The first-order chi connectivity index (χ1) is 6.04. The second-order valence-electron chi connectivity index (χ2n) is 2.50. The highest BCUT2D eigenvalue weighted by atomic mass is 32.2. The molecule has 0 aromatic carbocycles. The van der Waals surface area contributed by atoms with E-state index in [0.29, 0.717) is 6.42 Å². The standard InChI is InChI=1S/C8H14O4S/c1-3-5-6-8(9)13(10,11)12-7-4-2/h4H,2-3,5-7H2,1H3. The third-order valence-electron chi connectivity index (χ3n) is 1.35. The van der Waals surface area contributed by atoms with Crippen molar-refractivity contribution in [1.29, 1.82) is 0 Å². The van der Waals surface area contributed by atoms with Crippen molar-refractivity contribution in [3.63, 3.8) is 0 Å². The van der Waals surface area contributed by atoms with Crippen molar-refractivity contribution in [2.24, 2.45) is 0 Å². The zero-order valence-corrected chi connectivity index (χ0v) is 8.47. The van der Waals surface area contributed by atoms with Crippen LogP contribution >= 0.6 is 0 Å². The zero-order chi connectivity index (χ0) is 10.3. The van der Waals surface area contributed by atoms with E-state index in [0.717, 1.165) is 6.42 Å². The summed E-state index contributed by atoms with van der Waals surface area (Å²) in [7, 11) is -4.00. The molecule has 0 radical (unpaired) electrons. The predicted octanol–water partition coefficient (Wildman–Crippen LogP) is 1.24. The lowest BCUT2D eigenvalue weighted by atomic mass is 10.3. The van der Waals surface area contributed by atoms with Gasteiger partial charge in [0.05, 0.1) is 6.61 Å². The average Bonchev–Trinajstić information content (AvgIpc) is 2.10. The molecule has 0 amide bonds. The molecule has 0 aliphatic rings. The summed E-state index contributed by atoms with van der Waals surface area (Å²) in [5, 5.41) is -0.851. The highest BCUT2D eigenvalue weighted by molar-refractivity contribution is 8.02. The molecule has 0 aliphatic heterocycles. The van der Waals surface area contributed by atoms with Crippen molar-refractivity contribution in [3.05, 3.63) is 12.7 Å². The van der Waals surface area contributed by atoms with Gasteiger partial charge in [0, 0.05) is 6.42 Å². The third kappa shape index (κ3) is 4.80. The Balaban J connectivity index is 4.12. The first-order valence-corrected chi connectivity index (χ1v) is 5.48. The van der Waals surface area contributed by atoms with Crippen LogP contribution in [0, 0.1) is 0 Å². The third-order valence-corrected chi connectivity index (χ3v) is 2.56. The van der Waals surface area contributed by atoms with Crippen LogP contribution in [0.4, 0.5) is 0 Å². The molecule has 76 valence electrons. The quantitative estimate of drug-likeness (QED) is 0.484. The highest BCUT2D eigenvalue weighted by Crippen LogP contribution is 2.03. The average molecular weight is 206 g/mol. The maximum atomic E-state index is 11.0. The van der Waals surface area contributed by atoms with Crippen molar-refractivity contribution in [2.75, 3.05) is 6.61 Å². The van der Waals surface area contributed by atoms with E-state index in [9.17, 15) is 13.2 Å². The van der Waals surface area contributed by atoms with Crippen LogP contribution in [0.15, 0.2) is 12.7 Å². The van der Waals surface area contributed by atoms with Crippen molar-refractivity contribution < 1.29 is 17.4 Å². The molecular formula is C8H14O4S. The molecule has 0 N–H and O–H groups in total. The van der Waals surface area contributed by atoms with Crippen molar-refractivity contribution in [3.8, 4) is 0 Å². The van der Waals surface area contributed by atoms with Gasteiger partial charge in [0.2, 0.25) is 0 Å². The second kappa shape index (κ2) is 5.88. The molecule has 0 aliphatic carbocycles. The summed E-state index contributed by atoms with van der Waals surface area (Å²) < 4.78 is 26.3. The van der Waals surface area contributed by atoms with Crippen molar-refractivity contribution in [1.82, 2.24) is 0 Å². The summed E-state index contributed by atoms with van der Waals surface area (Å²) in [6.07, 6.45) is 2.65. The fourth-order valence-corrected chi connectivity index (χ4v) is 1.45. The van der Waals surface area contributed by atoms with E-state index in [1.807, 2.05) is 6.92 Å². The number of carbonyl (C=O) groups is 1. The van der Waals surface area contributed by atoms with Crippen LogP contribution in [0.2, 0.25) is 0 Å². The summed E-state index contributed by atoms with van der Waals surface area (Å²) in [5.74, 6) is 0. The van der Waals surface area contributed by atoms with Crippen molar-refractivity contribution >= 4 is 15.2 Å². The van der Waals surface area contributed by atoms with Crippen LogP contribution in [-0.2, 0) is 19.1 Å². The smallest absolute Gasteiger partial charge is 0.279 e. The number of carbonyl (C=O) groups excluding carboxylic acids is 1. The molecule has 0 saturated heterocycles. The van der Waals surface area contributed by atoms with Gasteiger partial charge in [0.1, 0.15) is 0 Å². The normalized spacial score (nSPS) is 11.2. The summed E-state index contributed by atoms with van der Waals surface area (Å²) in [5.41, 5.74) is 0. The Bertz CT molecular complexity index is 266.